The average molecular weight is 578 g/mol. The Balaban J connectivity index is 0.000000178. The third kappa shape index (κ3) is 5.58. The highest BCUT2D eigenvalue weighted by Gasteiger charge is 2.31. The Morgan fingerprint density at radius 1 is 0.500 bits per heavy atom. The monoisotopic (exact) mass is 577 g/mol. The highest BCUT2D eigenvalue weighted by atomic mass is 15.0. The van der Waals surface area contributed by atoms with E-state index in [1.807, 2.05) is 53.7 Å². The predicted octanol–water partition coefficient (Wildman–Crippen LogP) is 12.5. The van der Waals surface area contributed by atoms with Crippen LogP contribution in [-0.4, -0.2) is 4.57 Å². The van der Waals surface area contributed by atoms with E-state index < -0.39 is 0 Å². The van der Waals surface area contributed by atoms with Gasteiger partial charge >= 0.3 is 0 Å². The van der Waals surface area contributed by atoms with Gasteiger partial charge in [0.2, 0.25) is 0 Å². The van der Waals surface area contributed by atoms with E-state index in [4.69, 9.17) is 6.42 Å². The van der Waals surface area contributed by atoms with Crippen molar-refractivity contribution < 1.29 is 0 Å². The fourth-order valence-corrected chi connectivity index (χ4v) is 6.66. The van der Waals surface area contributed by atoms with Gasteiger partial charge < -0.3 is 4.57 Å². The maximum Gasteiger partial charge on any atom is 0.0841 e. The Labute approximate surface area is 265 Å². The zero-order valence-corrected chi connectivity index (χ0v) is 27.8. The summed E-state index contributed by atoms with van der Waals surface area (Å²) in [6, 6.07) is 39.4. The normalized spacial score (nSPS) is 14.4. The molecule has 0 bridgehead atoms. The van der Waals surface area contributed by atoms with Crippen molar-refractivity contribution in [3.05, 3.63) is 131 Å². The average Bonchev–Trinajstić information content (AvgIpc) is 3.69. The van der Waals surface area contributed by atoms with Crippen LogP contribution < -0.4 is 0 Å². The maximum atomic E-state index is 5.43. The van der Waals surface area contributed by atoms with E-state index in [0.29, 0.717) is 18.4 Å². The molecule has 2 aliphatic rings. The first-order valence-corrected chi connectivity index (χ1v) is 16.4. The van der Waals surface area contributed by atoms with Crippen LogP contribution in [0.1, 0.15) is 89.5 Å². The molecule has 0 N–H and O–H groups in total. The maximum absolute atomic E-state index is 5.43. The van der Waals surface area contributed by atoms with Gasteiger partial charge in [0.1, 0.15) is 0 Å². The number of terminal acetylenes is 1. The molecule has 6 aromatic rings. The largest absolute Gasteiger partial charge is 0.329 e. The molecule has 2 unspecified atom stereocenters. The Morgan fingerprint density at radius 3 is 1.27 bits per heavy atom. The molecule has 44 heavy (non-hydrogen) atoms. The van der Waals surface area contributed by atoms with Crippen LogP contribution in [0.3, 0.4) is 0 Å². The zero-order valence-electron chi connectivity index (χ0n) is 27.8. The molecule has 224 valence electrons. The molecule has 0 radical (unpaired) electrons. The molecule has 1 aromatic heterocycles. The summed E-state index contributed by atoms with van der Waals surface area (Å²) < 4.78 is 2.19. The third-order valence-corrected chi connectivity index (χ3v) is 8.52. The first-order chi connectivity index (χ1) is 21.7. The highest BCUT2D eigenvalue weighted by molar-refractivity contribution is 6.08. The van der Waals surface area contributed by atoms with E-state index in [0.717, 1.165) is 0 Å². The van der Waals surface area contributed by atoms with Crippen molar-refractivity contribution in [2.45, 2.75) is 73.8 Å². The lowest BCUT2D eigenvalue weighted by Gasteiger charge is -2.11. The van der Waals surface area contributed by atoms with Crippen LogP contribution in [0.15, 0.2) is 109 Å². The first kappa shape index (κ1) is 32.4. The minimum absolute atomic E-state index is 0.500. The van der Waals surface area contributed by atoms with Crippen molar-refractivity contribution in [1.29, 1.82) is 0 Å². The lowest BCUT2D eigenvalue weighted by atomic mass is 9.93. The summed E-state index contributed by atoms with van der Waals surface area (Å²) in [4.78, 5) is 0. The van der Waals surface area contributed by atoms with E-state index in [9.17, 15) is 0 Å². The summed E-state index contributed by atoms with van der Waals surface area (Å²) in [5, 5.41) is 2.54. The number of nitrogens with zero attached hydrogens (tertiary/aromatic N) is 1. The van der Waals surface area contributed by atoms with Gasteiger partial charge in [0.15, 0.2) is 0 Å². The summed E-state index contributed by atoms with van der Waals surface area (Å²) in [6.45, 7) is 17.3. The van der Waals surface area contributed by atoms with Crippen LogP contribution >= 0.6 is 0 Å². The van der Waals surface area contributed by atoms with Crippen LogP contribution in [0.5, 0.6) is 0 Å². The molecule has 2 atom stereocenters. The smallest absolute Gasteiger partial charge is 0.0841 e. The molecule has 1 heteroatoms. The fraction of sp³-hybridized carbons (Fsp3) is 0.256. The highest BCUT2D eigenvalue weighted by Crippen LogP contribution is 2.52. The summed E-state index contributed by atoms with van der Waals surface area (Å²) in [5.74, 6) is 3.72. The number of benzene rings is 5. The van der Waals surface area contributed by atoms with Crippen molar-refractivity contribution >= 4 is 21.8 Å². The third-order valence-electron chi connectivity index (χ3n) is 8.52. The second-order valence-corrected chi connectivity index (χ2v) is 10.5. The second kappa shape index (κ2) is 14.8. The number of para-hydroxylation sites is 2. The van der Waals surface area contributed by atoms with Crippen molar-refractivity contribution in [2.24, 2.45) is 0 Å². The van der Waals surface area contributed by atoms with Crippen LogP contribution in [0, 0.1) is 12.3 Å². The van der Waals surface area contributed by atoms with Gasteiger partial charge in [-0.25, -0.2) is 0 Å². The first-order valence-electron chi connectivity index (χ1n) is 16.4. The minimum atomic E-state index is 0.500. The Kier molecular flexibility index (Phi) is 10.9. The van der Waals surface area contributed by atoms with Crippen LogP contribution in [-0.2, 0) is 6.54 Å². The molecule has 0 aliphatic heterocycles. The topological polar surface area (TPSA) is 4.93 Å². The molecule has 0 spiro atoms. The summed E-state index contributed by atoms with van der Waals surface area (Å²) in [5.41, 5.74) is 14.1. The van der Waals surface area contributed by atoms with Gasteiger partial charge in [-0.3, -0.25) is 0 Å². The fourth-order valence-electron chi connectivity index (χ4n) is 6.66. The van der Waals surface area contributed by atoms with E-state index in [1.54, 1.807) is 0 Å². The second-order valence-electron chi connectivity index (χ2n) is 10.5. The number of aromatic nitrogens is 1. The van der Waals surface area contributed by atoms with Crippen LogP contribution in [0.4, 0.5) is 0 Å². The lowest BCUT2D eigenvalue weighted by Crippen LogP contribution is -1.93. The molecule has 8 rings (SSSR count). The van der Waals surface area contributed by atoms with E-state index in [-0.39, 0.29) is 0 Å². The van der Waals surface area contributed by atoms with Gasteiger partial charge in [-0.05, 0) is 68.8 Å². The molecule has 0 saturated heterocycles. The standard InChI is InChI=1S/C22H18.C15H11N.3C2H6/c1-13-15-7-3-5-9-17(15)21-12-20-14(2)16-8-4-6-10-18(16)22(20)11-19(13)21;1-2-11-16-14-9-5-3-7-12(14)13-8-4-6-10-15(13)16;3*1-2/h3-14H,1-2H3;1,3-10H,11H2;3*1-2H3. The Morgan fingerprint density at radius 2 is 0.864 bits per heavy atom. The van der Waals surface area contributed by atoms with Crippen molar-refractivity contribution in [2.75, 3.05) is 0 Å². The van der Waals surface area contributed by atoms with Gasteiger partial charge in [-0.15, -0.1) is 6.42 Å². The minimum Gasteiger partial charge on any atom is -0.329 e. The van der Waals surface area contributed by atoms with Crippen molar-refractivity contribution in [1.82, 2.24) is 4.57 Å². The molecule has 1 nitrogen and oxygen atoms in total. The van der Waals surface area contributed by atoms with Gasteiger partial charge in [-0.2, -0.15) is 0 Å². The number of hydrogen-bond donors (Lipinski definition) is 0. The van der Waals surface area contributed by atoms with Gasteiger partial charge in [0, 0.05) is 33.6 Å². The number of hydrogen-bond acceptors (Lipinski definition) is 0. The molecule has 0 amide bonds. The van der Waals surface area contributed by atoms with Gasteiger partial charge in [0.25, 0.3) is 0 Å². The van der Waals surface area contributed by atoms with Crippen LogP contribution in [0.25, 0.3) is 44.1 Å². The summed E-state index contributed by atoms with van der Waals surface area (Å²) in [6.07, 6.45) is 5.43. The Hall–Kier alpha value is -4.54. The van der Waals surface area contributed by atoms with Crippen molar-refractivity contribution in [3.63, 3.8) is 0 Å². The quantitative estimate of drug-likeness (QED) is 0.171. The summed E-state index contributed by atoms with van der Waals surface area (Å²) >= 11 is 0. The summed E-state index contributed by atoms with van der Waals surface area (Å²) in [7, 11) is 0. The predicted molar refractivity (Wildman–Crippen MR) is 195 cm³/mol. The lowest BCUT2D eigenvalue weighted by molar-refractivity contribution is 0.924. The van der Waals surface area contributed by atoms with E-state index in [2.05, 4.69) is 121 Å². The molecule has 5 aromatic carbocycles. The molecule has 1 heterocycles. The zero-order chi connectivity index (χ0) is 31.8. The SMILES string of the molecule is C#CCn1c2ccccc2c2ccccc21.CC.CC.CC.CC1c2ccccc2-c2cc3c(cc21)-c1ccccc1C3C. The number of fused-ring (bicyclic) bond motifs is 9. The van der Waals surface area contributed by atoms with E-state index in [1.165, 1.54) is 66.3 Å². The van der Waals surface area contributed by atoms with Gasteiger partial charge in [0.05, 0.1) is 6.54 Å². The Bertz CT molecular complexity index is 1760. The van der Waals surface area contributed by atoms with Crippen molar-refractivity contribution in [3.8, 4) is 34.6 Å². The van der Waals surface area contributed by atoms with Gasteiger partial charge in [-0.1, -0.05) is 146 Å². The van der Waals surface area contributed by atoms with E-state index >= 15 is 0 Å². The molecule has 0 fully saturated rings. The molecular weight excluding hydrogens is 530 g/mol. The molecular formula is C43H47N. The van der Waals surface area contributed by atoms with Crippen LogP contribution in [0.2, 0.25) is 0 Å². The molecule has 0 saturated carbocycles. The molecule has 2 aliphatic carbocycles. The number of rotatable bonds is 1.